The molecule has 4 nitrogen and oxygen atoms in total. The van der Waals surface area contributed by atoms with Crippen LogP contribution >= 0.6 is 0 Å². The smallest absolute Gasteiger partial charge is 0.245 e. The van der Waals surface area contributed by atoms with E-state index in [1.54, 1.807) is 0 Å². The second kappa shape index (κ2) is 4.67. The summed E-state index contributed by atoms with van der Waals surface area (Å²) in [7, 11) is 0. The maximum atomic E-state index is 12.4. The first-order valence-electron chi connectivity index (χ1n) is 6.60. The normalized spacial score (nSPS) is 28.0. The van der Waals surface area contributed by atoms with E-state index in [2.05, 4.69) is 26.1 Å². The van der Waals surface area contributed by atoms with Crippen molar-refractivity contribution in [1.82, 2.24) is 10.2 Å². The highest BCUT2D eigenvalue weighted by Crippen LogP contribution is 2.34. The molecule has 2 unspecified atom stereocenters. The fourth-order valence-electron chi connectivity index (χ4n) is 2.33. The van der Waals surface area contributed by atoms with Crippen LogP contribution in [0.15, 0.2) is 0 Å². The zero-order valence-corrected chi connectivity index (χ0v) is 10.9. The number of carbonyl (C=O) groups excluding carboxylic acids is 2. The van der Waals surface area contributed by atoms with Gasteiger partial charge >= 0.3 is 0 Å². The van der Waals surface area contributed by atoms with Gasteiger partial charge in [0.05, 0.1) is 0 Å². The summed E-state index contributed by atoms with van der Waals surface area (Å²) in [6.45, 7) is 6.87. The standard InChI is InChI=1S/C13H22N2O2/c1-8(2)9(3)15-7-6-11(16)14-12(13(15)17)10-4-5-10/h8-10,12H,4-7H2,1-3H3,(H,14,16). The van der Waals surface area contributed by atoms with Crippen molar-refractivity contribution in [3.05, 3.63) is 0 Å². The van der Waals surface area contributed by atoms with Gasteiger partial charge in [-0.2, -0.15) is 0 Å². The summed E-state index contributed by atoms with van der Waals surface area (Å²) < 4.78 is 0. The quantitative estimate of drug-likeness (QED) is 0.802. The molecule has 2 amide bonds. The zero-order chi connectivity index (χ0) is 12.6. The second-order valence-corrected chi connectivity index (χ2v) is 5.65. The number of rotatable bonds is 3. The average Bonchev–Trinajstić information content (AvgIpc) is 3.08. The lowest BCUT2D eigenvalue weighted by molar-refractivity contribution is -0.136. The number of carbonyl (C=O) groups is 2. The summed E-state index contributed by atoms with van der Waals surface area (Å²) in [5, 5.41) is 2.88. The van der Waals surface area contributed by atoms with Crippen LogP contribution in [0.4, 0.5) is 0 Å². The van der Waals surface area contributed by atoms with Gasteiger partial charge in [-0.1, -0.05) is 13.8 Å². The number of hydrogen-bond acceptors (Lipinski definition) is 2. The van der Waals surface area contributed by atoms with Crippen molar-refractivity contribution in [2.24, 2.45) is 11.8 Å². The minimum Gasteiger partial charge on any atom is -0.344 e. The monoisotopic (exact) mass is 238 g/mol. The highest BCUT2D eigenvalue weighted by molar-refractivity contribution is 5.90. The molecule has 0 bridgehead atoms. The first kappa shape index (κ1) is 12.4. The SMILES string of the molecule is CC(C)C(C)N1CCC(=O)NC(C2CC2)C1=O. The van der Waals surface area contributed by atoms with Crippen LogP contribution in [-0.2, 0) is 9.59 Å². The van der Waals surface area contributed by atoms with E-state index in [0.717, 1.165) is 12.8 Å². The third kappa shape index (κ3) is 2.61. The first-order valence-corrected chi connectivity index (χ1v) is 6.60. The van der Waals surface area contributed by atoms with E-state index in [1.807, 2.05) is 4.90 Å². The number of amides is 2. The average molecular weight is 238 g/mol. The molecule has 1 saturated carbocycles. The summed E-state index contributed by atoms with van der Waals surface area (Å²) in [5.74, 6) is 0.951. The minimum atomic E-state index is -0.258. The summed E-state index contributed by atoms with van der Waals surface area (Å²) >= 11 is 0. The predicted octanol–water partition coefficient (Wildman–Crippen LogP) is 1.16. The Bertz CT molecular complexity index is 323. The van der Waals surface area contributed by atoms with Crippen molar-refractivity contribution >= 4 is 11.8 Å². The molecule has 0 spiro atoms. The molecule has 1 saturated heterocycles. The van der Waals surface area contributed by atoms with E-state index in [1.165, 1.54) is 0 Å². The summed E-state index contributed by atoms with van der Waals surface area (Å²) in [5.41, 5.74) is 0. The van der Waals surface area contributed by atoms with Gasteiger partial charge in [0.1, 0.15) is 6.04 Å². The van der Waals surface area contributed by atoms with Gasteiger partial charge < -0.3 is 10.2 Å². The van der Waals surface area contributed by atoms with Crippen molar-refractivity contribution in [1.29, 1.82) is 0 Å². The summed E-state index contributed by atoms with van der Waals surface area (Å²) in [6, 6.07) is -0.0531. The Kier molecular flexibility index (Phi) is 3.40. The second-order valence-electron chi connectivity index (χ2n) is 5.65. The lowest BCUT2D eigenvalue weighted by Crippen LogP contribution is -2.50. The Morgan fingerprint density at radius 2 is 1.88 bits per heavy atom. The molecule has 1 N–H and O–H groups in total. The molecule has 2 aliphatic rings. The fourth-order valence-corrected chi connectivity index (χ4v) is 2.33. The van der Waals surface area contributed by atoms with Gasteiger partial charge in [-0.3, -0.25) is 9.59 Å². The summed E-state index contributed by atoms with van der Waals surface area (Å²) in [6.07, 6.45) is 2.58. The highest BCUT2D eigenvalue weighted by Gasteiger charge is 2.42. The fraction of sp³-hybridized carbons (Fsp3) is 0.846. The van der Waals surface area contributed by atoms with Crippen LogP contribution in [0.3, 0.4) is 0 Å². The van der Waals surface area contributed by atoms with Gasteiger partial charge in [0.15, 0.2) is 0 Å². The topological polar surface area (TPSA) is 49.4 Å². The van der Waals surface area contributed by atoms with Gasteiger partial charge in [0.2, 0.25) is 11.8 Å². The maximum absolute atomic E-state index is 12.4. The van der Waals surface area contributed by atoms with Gasteiger partial charge in [-0.25, -0.2) is 0 Å². The summed E-state index contributed by atoms with van der Waals surface area (Å²) in [4.78, 5) is 25.9. The molecule has 0 radical (unpaired) electrons. The lowest BCUT2D eigenvalue weighted by Gasteiger charge is -2.32. The van der Waals surface area contributed by atoms with Crippen LogP contribution in [0.25, 0.3) is 0 Å². The number of hydrogen-bond donors (Lipinski definition) is 1. The molecule has 0 aromatic heterocycles. The number of nitrogens with one attached hydrogen (secondary N) is 1. The van der Waals surface area contributed by atoms with E-state index in [-0.39, 0.29) is 23.9 Å². The molecule has 1 aliphatic heterocycles. The Morgan fingerprint density at radius 1 is 1.24 bits per heavy atom. The largest absolute Gasteiger partial charge is 0.344 e. The Hall–Kier alpha value is -1.06. The van der Waals surface area contributed by atoms with Gasteiger partial charge in [0, 0.05) is 19.0 Å². The first-order chi connectivity index (χ1) is 8.00. The zero-order valence-electron chi connectivity index (χ0n) is 10.9. The third-order valence-corrected chi connectivity index (χ3v) is 4.00. The Morgan fingerprint density at radius 3 is 2.41 bits per heavy atom. The molecule has 2 rings (SSSR count). The van der Waals surface area contributed by atoms with Gasteiger partial charge in [-0.15, -0.1) is 0 Å². The molecule has 2 fully saturated rings. The van der Waals surface area contributed by atoms with Crippen LogP contribution in [-0.4, -0.2) is 35.3 Å². The minimum absolute atomic E-state index is 0.0220. The predicted molar refractivity (Wildman–Crippen MR) is 65.3 cm³/mol. The van der Waals surface area contributed by atoms with Crippen molar-refractivity contribution in [3.63, 3.8) is 0 Å². The molecule has 4 heteroatoms. The van der Waals surface area contributed by atoms with Crippen LogP contribution in [0, 0.1) is 11.8 Å². The lowest BCUT2D eigenvalue weighted by atomic mass is 10.0. The molecule has 2 atom stereocenters. The third-order valence-electron chi connectivity index (χ3n) is 4.00. The van der Waals surface area contributed by atoms with Crippen LogP contribution in [0.1, 0.15) is 40.0 Å². The van der Waals surface area contributed by atoms with Crippen molar-refractivity contribution in [2.45, 2.75) is 52.1 Å². The molecular formula is C13H22N2O2. The van der Waals surface area contributed by atoms with Gasteiger partial charge in [-0.05, 0) is 31.6 Å². The van der Waals surface area contributed by atoms with Gasteiger partial charge in [0.25, 0.3) is 0 Å². The van der Waals surface area contributed by atoms with Crippen molar-refractivity contribution in [2.75, 3.05) is 6.54 Å². The number of nitrogens with zero attached hydrogens (tertiary/aromatic N) is 1. The molecule has 17 heavy (non-hydrogen) atoms. The molecule has 1 aliphatic carbocycles. The van der Waals surface area contributed by atoms with Crippen molar-refractivity contribution < 1.29 is 9.59 Å². The Labute approximate surface area is 103 Å². The molecule has 1 heterocycles. The maximum Gasteiger partial charge on any atom is 0.245 e. The highest BCUT2D eigenvalue weighted by atomic mass is 16.2. The molecule has 96 valence electrons. The molecule has 0 aromatic carbocycles. The van der Waals surface area contributed by atoms with Crippen LogP contribution in [0.2, 0.25) is 0 Å². The van der Waals surface area contributed by atoms with E-state index >= 15 is 0 Å². The van der Waals surface area contributed by atoms with E-state index < -0.39 is 0 Å². The van der Waals surface area contributed by atoms with Crippen LogP contribution in [0.5, 0.6) is 0 Å². The van der Waals surface area contributed by atoms with E-state index in [9.17, 15) is 9.59 Å². The van der Waals surface area contributed by atoms with E-state index in [4.69, 9.17) is 0 Å². The molecule has 0 aromatic rings. The van der Waals surface area contributed by atoms with Crippen molar-refractivity contribution in [3.8, 4) is 0 Å². The van der Waals surface area contributed by atoms with Crippen LogP contribution < -0.4 is 5.32 Å². The molecular weight excluding hydrogens is 216 g/mol. The Balaban J connectivity index is 2.14. The van der Waals surface area contributed by atoms with E-state index in [0.29, 0.717) is 24.8 Å².